The van der Waals surface area contributed by atoms with Gasteiger partial charge in [0.15, 0.2) is 0 Å². The minimum Gasteiger partial charge on any atom is -0.478 e. The Labute approximate surface area is 130 Å². The number of para-hydroxylation sites is 1. The average Bonchev–Trinajstić information content (AvgIpc) is 2.56. The molecule has 0 saturated carbocycles. The maximum absolute atomic E-state index is 11.7. The normalized spacial score (nSPS) is 10.3. The third-order valence-electron chi connectivity index (χ3n) is 2.68. The number of benzene rings is 1. The number of aromatic nitrogens is 1. The minimum absolute atomic E-state index is 0.0244. The van der Waals surface area contributed by atoms with Crippen molar-refractivity contribution in [3.63, 3.8) is 0 Å². The number of pyridine rings is 1. The van der Waals surface area contributed by atoms with E-state index in [1.165, 1.54) is 30.6 Å². The van der Waals surface area contributed by atoms with Crippen LogP contribution in [-0.4, -0.2) is 34.1 Å². The van der Waals surface area contributed by atoms with E-state index >= 15 is 0 Å². The third-order valence-corrected chi connectivity index (χ3v) is 2.68. The van der Waals surface area contributed by atoms with Crippen molar-refractivity contribution < 1.29 is 19.5 Å². The second-order valence-electron chi connectivity index (χ2n) is 4.29. The Kier molecular flexibility index (Phi) is 5.13. The van der Waals surface area contributed by atoms with Gasteiger partial charge in [0.1, 0.15) is 0 Å². The summed E-state index contributed by atoms with van der Waals surface area (Å²) in [5.74, 6) is -3.26. The van der Waals surface area contributed by atoms with Crippen molar-refractivity contribution >= 4 is 29.7 Å². The smallest absolute Gasteiger partial charge is 0.337 e. The number of anilines is 1. The van der Waals surface area contributed by atoms with Gasteiger partial charge in [-0.1, -0.05) is 18.2 Å². The van der Waals surface area contributed by atoms with E-state index in [9.17, 15) is 14.4 Å². The Morgan fingerprint density at radius 3 is 2.57 bits per heavy atom. The van der Waals surface area contributed by atoms with Crippen LogP contribution in [0.5, 0.6) is 0 Å². The summed E-state index contributed by atoms with van der Waals surface area (Å²) in [5.41, 5.74) is 2.59. The number of hydrazone groups is 1. The molecule has 0 aliphatic carbocycles. The van der Waals surface area contributed by atoms with Crippen molar-refractivity contribution in [2.24, 2.45) is 5.10 Å². The summed E-state index contributed by atoms with van der Waals surface area (Å²) in [7, 11) is 0. The molecule has 116 valence electrons. The van der Waals surface area contributed by atoms with E-state index in [4.69, 9.17) is 5.11 Å². The molecule has 0 spiro atoms. The first-order chi connectivity index (χ1) is 11.1. The van der Waals surface area contributed by atoms with Gasteiger partial charge in [-0.15, -0.1) is 0 Å². The Hall–Kier alpha value is -3.55. The molecule has 2 rings (SSSR count). The van der Waals surface area contributed by atoms with Crippen LogP contribution in [0.3, 0.4) is 0 Å². The molecule has 8 heteroatoms. The number of nitrogens with one attached hydrogen (secondary N) is 2. The van der Waals surface area contributed by atoms with Gasteiger partial charge in [-0.05, 0) is 18.2 Å². The van der Waals surface area contributed by atoms with E-state index in [1.54, 1.807) is 24.4 Å². The standard InChI is InChI=1S/C15H12N4O4/c20-13(18-12-6-2-1-5-11(12)15(22)23)14(21)19-17-9-10-4-3-7-16-8-10/h1-9H,(H,18,20)(H,19,21)(H,22,23)/b17-9-. The van der Waals surface area contributed by atoms with Crippen LogP contribution in [0, 0.1) is 0 Å². The van der Waals surface area contributed by atoms with Crippen LogP contribution >= 0.6 is 0 Å². The van der Waals surface area contributed by atoms with Crippen LogP contribution in [0.1, 0.15) is 15.9 Å². The maximum atomic E-state index is 11.7. The van der Waals surface area contributed by atoms with E-state index in [1.807, 2.05) is 5.43 Å². The molecule has 0 bridgehead atoms. The van der Waals surface area contributed by atoms with Crippen LogP contribution in [0.15, 0.2) is 53.9 Å². The Morgan fingerprint density at radius 2 is 1.87 bits per heavy atom. The van der Waals surface area contributed by atoms with Crippen molar-refractivity contribution in [2.45, 2.75) is 0 Å². The van der Waals surface area contributed by atoms with Gasteiger partial charge in [-0.2, -0.15) is 5.10 Å². The molecule has 23 heavy (non-hydrogen) atoms. The highest BCUT2D eigenvalue weighted by Crippen LogP contribution is 2.14. The fraction of sp³-hybridized carbons (Fsp3) is 0. The van der Waals surface area contributed by atoms with E-state index in [0.717, 1.165) is 0 Å². The maximum Gasteiger partial charge on any atom is 0.337 e. The molecule has 0 radical (unpaired) electrons. The van der Waals surface area contributed by atoms with Gasteiger partial charge in [-0.25, -0.2) is 10.2 Å². The first kappa shape index (κ1) is 15.8. The number of nitrogens with zero attached hydrogens (tertiary/aromatic N) is 2. The molecule has 3 N–H and O–H groups in total. The van der Waals surface area contributed by atoms with Gasteiger partial charge in [0, 0.05) is 18.0 Å². The summed E-state index contributed by atoms with van der Waals surface area (Å²) in [5, 5.41) is 14.8. The highest BCUT2D eigenvalue weighted by atomic mass is 16.4. The fourth-order valence-electron chi connectivity index (χ4n) is 1.63. The molecule has 0 aliphatic heterocycles. The predicted octanol–water partition coefficient (Wildman–Crippen LogP) is 0.869. The largest absolute Gasteiger partial charge is 0.478 e. The molecule has 1 aromatic carbocycles. The van der Waals surface area contributed by atoms with Crippen molar-refractivity contribution in [3.05, 3.63) is 59.9 Å². The summed E-state index contributed by atoms with van der Waals surface area (Å²) in [4.78, 5) is 38.2. The van der Waals surface area contributed by atoms with Crippen molar-refractivity contribution in [1.82, 2.24) is 10.4 Å². The predicted molar refractivity (Wildman–Crippen MR) is 82.0 cm³/mol. The zero-order valence-electron chi connectivity index (χ0n) is 11.8. The van der Waals surface area contributed by atoms with E-state index in [2.05, 4.69) is 15.4 Å². The van der Waals surface area contributed by atoms with Crippen LogP contribution < -0.4 is 10.7 Å². The minimum atomic E-state index is -1.21. The van der Waals surface area contributed by atoms with Crippen LogP contribution in [0.2, 0.25) is 0 Å². The van der Waals surface area contributed by atoms with Crippen LogP contribution in [0.4, 0.5) is 5.69 Å². The molecule has 2 amide bonds. The zero-order valence-corrected chi connectivity index (χ0v) is 11.8. The van der Waals surface area contributed by atoms with Gasteiger partial charge < -0.3 is 10.4 Å². The summed E-state index contributed by atoms with van der Waals surface area (Å²) < 4.78 is 0. The Bertz CT molecular complexity index is 759. The molecule has 0 atom stereocenters. The number of aromatic carboxylic acids is 1. The van der Waals surface area contributed by atoms with E-state index < -0.39 is 17.8 Å². The van der Waals surface area contributed by atoms with Crippen molar-refractivity contribution in [1.29, 1.82) is 0 Å². The summed E-state index contributed by atoms with van der Waals surface area (Å²) in [6, 6.07) is 9.16. The van der Waals surface area contributed by atoms with Crippen LogP contribution in [-0.2, 0) is 9.59 Å². The molecular weight excluding hydrogens is 300 g/mol. The highest BCUT2D eigenvalue weighted by molar-refractivity contribution is 6.39. The van der Waals surface area contributed by atoms with Crippen LogP contribution in [0.25, 0.3) is 0 Å². The molecule has 0 unspecified atom stereocenters. The highest BCUT2D eigenvalue weighted by Gasteiger charge is 2.16. The van der Waals surface area contributed by atoms with E-state index in [0.29, 0.717) is 5.56 Å². The second kappa shape index (κ2) is 7.46. The quantitative estimate of drug-likeness (QED) is 0.439. The lowest BCUT2D eigenvalue weighted by molar-refractivity contribution is -0.136. The number of carbonyl (C=O) groups is 3. The van der Waals surface area contributed by atoms with Gasteiger partial charge in [0.2, 0.25) is 0 Å². The number of rotatable bonds is 4. The topological polar surface area (TPSA) is 121 Å². The molecule has 8 nitrogen and oxygen atoms in total. The Morgan fingerprint density at radius 1 is 1.09 bits per heavy atom. The first-order valence-electron chi connectivity index (χ1n) is 6.44. The SMILES string of the molecule is O=C(N/N=C\c1cccnc1)C(=O)Nc1ccccc1C(=O)O. The lowest BCUT2D eigenvalue weighted by atomic mass is 10.2. The monoisotopic (exact) mass is 312 g/mol. The number of hydrogen-bond acceptors (Lipinski definition) is 5. The van der Waals surface area contributed by atoms with Gasteiger partial charge in [0.05, 0.1) is 17.5 Å². The van der Waals surface area contributed by atoms with Gasteiger partial charge in [0.25, 0.3) is 0 Å². The average molecular weight is 312 g/mol. The molecular formula is C15H12N4O4. The van der Waals surface area contributed by atoms with Crippen molar-refractivity contribution in [3.8, 4) is 0 Å². The lowest BCUT2D eigenvalue weighted by Crippen LogP contribution is -2.32. The molecule has 1 heterocycles. The number of carboxylic acids is 1. The zero-order chi connectivity index (χ0) is 16.7. The molecule has 0 fully saturated rings. The summed E-state index contributed by atoms with van der Waals surface area (Å²) in [6.07, 6.45) is 4.44. The summed E-state index contributed by atoms with van der Waals surface area (Å²) in [6.45, 7) is 0. The molecule has 1 aromatic heterocycles. The third kappa shape index (κ3) is 4.46. The molecule has 0 saturated heterocycles. The molecule has 0 aliphatic rings. The number of hydrogen-bond donors (Lipinski definition) is 3. The first-order valence-corrected chi connectivity index (χ1v) is 6.44. The fourth-order valence-corrected chi connectivity index (χ4v) is 1.63. The second-order valence-corrected chi connectivity index (χ2v) is 4.29. The number of carboxylic acid groups (broad SMARTS) is 1. The number of carbonyl (C=O) groups excluding carboxylic acids is 2. The van der Waals surface area contributed by atoms with E-state index in [-0.39, 0.29) is 11.3 Å². The van der Waals surface area contributed by atoms with Gasteiger partial charge in [-0.3, -0.25) is 14.6 Å². The van der Waals surface area contributed by atoms with Crippen molar-refractivity contribution in [2.75, 3.05) is 5.32 Å². The Balaban J connectivity index is 1.97. The lowest BCUT2D eigenvalue weighted by Gasteiger charge is -2.06. The van der Waals surface area contributed by atoms with Gasteiger partial charge >= 0.3 is 17.8 Å². The number of amides is 2. The molecule has 2 aromatic rings. The summed E-state index contributed by atoms with van der Waals surface area (Å²) >= 11 is 0.